The average Bonchev–Trinajstić information content (AvgIpc) is 2.66. The molecular formula is C9H4ClN3S. The summed E-state index contributed by atoms with van der Waals surface area (Å²) < 4.78 is 7.90. The average molecular weight is 222 g/mol. The molecule has 0 unspecified atom stereocenters. The van der Waals surface area contributed by atoms with E-state index in [9.17, 15) is 0 Å². The molecular weight excluding hydrogens is 218 g/mol. The van der Waals surface area contributed by atoms with E-state index in [0.29, 0.717) is 16.4 Å². The molecule has 0 aliphatic heterocycles. The normalized spacial score (nSPS) is 9.71. The number of nitrogens with zero attached hydrogens (tertiary/aromatic N) is 3. The van der Waals surface area contributed by atoms with Crippen LogP contribution in [0.4, 0.5) is 0 Å². The highest BCUT2D eigenvalue weighted by Crippen LogP contribution is 2.28. The summed E-state index contributed by atoms with van der Waals surface area (Å²) in [6.45, 7) is 0. The van der Waals surface area contributed by atoms with Crippen LogP contribution in [0.5, 0.6) is 0 Å². The minimum Gasteiger partial charge on any atom is -0.191 e. The molecule has 0 saturated heterocycles. The standard InChI is InChI=1S/C9H4ClN3S/c10-7-4-2-1-3-6(7)9-8(5-11)12-14-13-9/h1-4H. The quantitative estimate of drug-likeness (QED) is 0.744. The first-order valence-corrected chi connectivity index (χ1v) is 4.91. The summed E-state index contributed by atoms with van der Waals surface area (Å²) in [5.74, 6) is 0. The van der Waals surface area contributed by atoms with Crippen molar-refractivity contribution in [2.45, 2.75) is 0 Å². The maximum Gasteiger partial charge on any atom is 0.182 e. The number of halogens is 1. The molecule has 0 aliphatic carbocycles. The molecule has 0 saturated carbocycles. The first kappa shape index (κ1) is 9.13. The second-order valence-corrected chi connectivity index (χ2v) is 3.49. The molecule has 0 N–H and O–H groups in total. The van der Waals surface area contributed by atoms with Crippen LogP contribution in [0, 0.1) is 11.3 Å². The van der Waals surface area contributed by atoms with E-state index in [2.05, 4.69) is 8.75 Å². The Morgan fingerprint density at radius 3 is 2.79 bits per heavy atom. The maximum absolute atomic E-state index is 8.77. The molecule has 0 radical (unpaired) electrons. The van der Waals surface area contributed by atoms with Crippen LogP contribution in [0.3, 0.4) is 0 Å². The number of hydrogen-bond acceptors (Lipinski definition) is 4. The summed E-state index contributed by atoms with van der Waals surface area (Å²) in [5.41, 5.74) is 1.63. The molecule has 0 atom stereocenters. The van der Waals surface area contributed by atoms with Gasteiger partial charge in [-0.25, -0.2) is 0 Å². The Morgan fingerprint density at radius 2 is 2.07 bits per heavy atom. The summed E-state index contributed by atoms with van der Waals surface area (Å²) in [7, 11) is 0. The highest BCUT2D eigenvalue weighted by atomic mass is 35.5. The van der Waals surface area contributed by atoms with Gasteiger partial charge in [0.05, 0.1) is 16.8 Å². The van der Waals surface area contributed by atoms with E-state index in [1.54, 1.807) is 6.07 Å². The lowest BCUT2D eigenvalue weighted by Gasteiger charge is -1.98. The third-order valence-electron chi connectivity index (χ3n) is 1.72. The fourth-order valence-electron chi connectivity index (χ4n) is 1.09. The van der Waals surface area contributed by atoms with Crippen molar-refractivity contribution in [3.63, 3.8) is 0 Å². The Kier molecular flexibility index (Phi) is 2.44. The summed E-state index contributed by atoms with van der Waals surface area (Å²) in [4.78, 5) is 0. The van der Waals surface area contributed by atoms with E-state index < -0.39 is 0 Å². The minimum absolute atomic E-state index is 0.322. The third-order valence-corrected chi connectivity index (χ3v) is 2.58. The molecule has 2 aromatic rings. The monoisotopic (exact) mass is 221 g/mol. The highest BCUT2D eigenvalue weighted by molar-refractivity contribution is 6.99. The van der Waals surface area contributed by atoms with Crippen molar-refractivity contribution in [3.05, 3.63) is 35.0 Å². The lowest BCUT2D eigenvalue weighted by Crippen LogP contribution is -1.83. The fraction of sp³-hybridized carbons (Fsp3) is 0. The Hall–Kier alpha value is -1.44. The van der Waals surface area contributed by atoms with Crippen molar-refractivity contribution in [3.8, 4) is 17.3 Å². The molecule has 2 rings (SSSR count). The topological polar surface area (TPSA) is 49.6 Å². The van der Waals surface area contributed by atoms with Crippen LogP contribution in [0.2, 0.25) is 5.02 Å². The molecule has 1 aromatic heterocycles. The lowest BCUT2D eigenvalue weighted by atomic mass is 10.1. The van der Waals surface area contributed by atoms with Crippen molar-refractivity contribution < 1.29 is 0 Å². The zero-order chi connectivity index (χ0) is 9.97. The molecule has 1 heterocycles. The summed E-state index contributed by atoms with van der Waals surface area (Å²) in [6, 6.07) is 9.24. The first-order chi connectivity index (χ1) is 6.83. The zero-order valence-electron chi connectivity index (χ0n) is 6.94. The molecule has 68 valence electrons. The van der Waals surface area contributed by atoms with Gasteiger partial charge in [0.1, 0.15) is 11.8 Å². The van der Waals surface area contributed by atoms with Crippen molar-refractivity contribution in [2.75, 3.05) is 0 Å². The first-order valence-electron chi connectivity index (χ1n) is 3.80. The van der Waals surface area contributed by atoms with Crippen molar-refractivity contribution in [1.29, 1.82) is 5.26 Å². The van der Waals surface area contributed by atoms with E-state index in [1.807, 2.05) is 24.3 Å². The lowest BCUT2D eigenvalue weighted by molar-refractivity contribution is 1.39. The van der Waals surface area contributed by atoms with Crippen LogP contribution in [0.15, 0.2) is 24.3 Å². The number of aromatic nitrogens is 2. The Labute approximate surface area is 89.9 Å². The van der Waals surface area contributed by atoms with Gasteiger partial charge in [0.25, 0.3) is 0 Å². The smallest absolute Gasteiger partial charge is 0.182 e. The number of hydrogen-bond donors (Lipinski definition) is 0. The summed E-state index contributed by atoms with van der Waals surface area (Å²) in [5, 5.41) is 9.35. The van der Waals surface area contributed by atoms with Crippen LogP contribution in [0.1, 0.15) is 5.69 Å². The van der Waals surface area contributed by atoms with E-state index in [1.165, 1.54) is 0 Å². The second kappa shape index (κ2) is 3.74. The summed E-state index contributed by atoms with van der Waals surface area (Å²) in [6.07, 6.45) is 0. The summed E-state index contributed by atoms with van der Waals surface area (Å²) >= 11 is 6.99. The van der Waals surface area contributed by atoms with Gasteiger partial charge in [-0.05, 0) is 6.07 Å². The van der Waals surface area contributed by atoms with Gasteiger partial charge < -0.3 is 0 Å². The van der Waals surface area contributed by atoms with Crippen LogP contribution in [-0.2, 0) is 0 Å². The van der Waals surface area contributed by atoms with E-state index >= 15 is 0 Å². The fourth-order valence-corrected chi connectivity index (χ4v) is 1.83. The van der Waals surface area contributed by atoms with Gasteiger partial charge in [-0.3, -0.25) is 0 Å². The molecule has 3 nitrogen and oxygen atoms in total. The van der Waals surface area contributed by atoms with Gasteiger partial charge >= 0.3 is 0 Å². The van der Waals surface area contributed by atoms with Crippen LogP contribution >= 0.6 is 23.3 Å². The molecule has 0 amide bonds. The van der Waals surface area contributed by atoms with Gasteiger partial charge in [0.15, 0.2) is 5.69 Å². The SMILES string of the molecule is N#Cc1nsnc1-c1ccccc1Cl. The van der Waals surface area contributed by atoms with E-state index in [4.69, 9.17) is 16.9 Å². The molecule has 0 bridgehead atoms. The van der Waals surface area contributed by atoms with Crippen LogP contribution in [0.25, 0.3) is 11.3 Å². The Balaban J connectivity index is 2.62. The molecule has 5 heteroatoms. The minimum atomic E-state index is 0.322. The Bertz CT molecular complexity index is 501. The Morgan fingerprint density at radius 1 is 1.29 bits per heavy atom. The third kappa shape index (κ3) is 1.48. The van der Waals surface area contributed by atoms with Crippen molar-refractivity contribution in [2.24, 2.45) is 0 Å². The predicted molar refractivity (Wildman–Crippen MR) is 55.1 cm³/mol. The number of nitriles is 1. The van der Waals surface area contributed by atoms with Crippen LogP contribution < -0.4 is 0 Å². The molecule has 0 spiro atoms. The van der Waals surface area contributed by atoms with Crippen molar-refractivity contribution in [1.82, 2.24) is 8.75 Å². The number of rotatable bonds is 1. The van der Waals surface area contributed by atoms with Gasteiger partial charge in [0, 0.05) is 5.56 Å². The van der Waals surface area contributed by atoms with Gasteiger partial charge in [-0.15, -0.1) is 0 Å². The van der Waals surface area contributed by atoms with Gasteiger partial charge in [-0.1, -0.05) is 29.8 Å². The van der Waals surface area contributed by atoms with Crippen LogP contribution in [-0.4, -0.2) is 8.75 Å². The predicted octanol–water partition coefficient (Wildman–Crippen LogP) is 2.73. The van der Waals surface area contributed by atoms with Crippen molar-refractivity contribution >= 4 is 23.3 Å². The molecule has 0 aliphatic rings. The van der Waals surface area contributed by atoms with Gasteiger partial charge in [-0.2, -0.15) is 14.0 Å². The maximum atomic E-state index is 8.77. The molecule has 0 fully saturated rings. The zero-order valence-corrected chi connectivity index (χ0v) is 8.51. The highest BCUT2D eigenvalue weighted by Gasteiger charge is 2.11. The largest absolute Gasteiger partial charge is 0.191 e. The van der Waals surface area contributed by atoms with Gasteiger partial charge in [0.2, 0.25) is 0 Å². The van der Waals surface area contributed by atoms with E-state index in [-0.39, 0.29) is 0 Å². The number of benzene rings is 1. The second-order valence-electron chi connectivity index (χ2n) is 2.55. The molecule has 1 aromatic carbocycles. The van der Waals surface area contributed by atoms with E-state index in [0.717, 1.165) is 17.3 Å². The molecule has 14 heavy (non-hydrogen) atoms.